The summed E-state index contributed by atoms with van der Waals surface area (Å²) in [6, 6.07) is 5.89. The van der Waals surface area contributed by atoms with Gasteiger partial charge in [-0.2, -0.15) is 0 Å². The van der Waals surface area contributed by atoms with Gasteiger partial charge in [0.2, 0.25) is 0 Å². The molecule has 1 fully saturated rings. The van der Waals surface area contributed by atoms with Gasteiger partial charge in [-0.25, -0.2) is 9.59 Å². The first-order valence-electron chi connectivity index (χ1n) is 6.53. The number of urea groups is 1. The van der Waals surface area contributed by atoms with Gasteiger partial charge in [-0.3, -0.25) is 0 Å². The average molecular weight is 278 g/mol. The molecule has 1 unspecified atom stereocenters. The maximum absolute atomic E-state index is 12.0. The standard InChI is InChI=1S/C14H18N2O4/c1-16(9-12-6-3-7-20-12)14(19)15-11-5-2-4-10(8-11)13(17)18/h2,4-5,8,12H,3,6-7,9H2,1H3,(H,15,19)(H,17,18). The number of benzene rings is 1. The Morgan fingerprint density at radius 3 is 2.95 bits per heavy atom. The van der Waals surface area contributed by atoms with Crippen LogP contribution < -0.4 is 5.32 Å². The Bertz CT molecular complexity index is 498. The number of aromatic carboxylic acids is 1. The molecule has 108 valence electrons. The van der Waals surface area contributed by atoms with E-state index in [9.17, 15) is 9.59 Å². The quantitative estimate of drug-likeness (QED) is 0.883. The van der Waals surface area contributed by atoms with Gasteiger partial charge in [0.1, 0.15) is 0 Å². The van der Waals surface area contributed by atoms with Gasteiger partial charge < -0.3 is 20.1 Å². The first-order valence-corrected chi connectivity index (χ1v) is 6.53. The predicted octanol–water partition coefficient (Wildman–Crippen LogP) is 2.03. The molecule has 0 bridgehead atoms. The number of nitrogens with zero attached hydrogens (tertiary/aromatic N) is 1. The largest absolute Gasteiger partial charge is 0.478 e. The lowest BCUT2D eigenvalue weighted by molar-refractivity contribution is 0.0697. The van der Waals surface area contributed by atoms with Crippen LogP contribution in [-0.2, 0) is 4.74 Å². The second-order valence-electron chi connectivity index (χ2n) is 4.83. The third-order valence-corrected chi connectivity index (χ3v) is 3.21. The highest BCUT2D eigenvalue weighted by atomic mass is 16.5. The van der Waals surface area contributed by atoms with Crippen molar-refractivity contribution in [1.29, 1.82) is 0 Å². The zero-order chi connectivity index (χ0) is 14.5. The van der Waals surface area contributed by atoms with Crippen molar-refractivity contribution in [1.82, 2.24) is 4.90 Å². The SMILES string of the molecule is CN(CC1CCCO1)C(=O)Nc1cccc(C(=O)O)c1. The number of ether oxygens (including phenoxy) is 1. The molecule has 0 radical (unpaired) electrons. The number of carboxylic acid groups (broad SMARTS) is 1. The number of anilines is 1. The van der Waals surface area contributed by atoms with Crippen LogP contribution in [0.2, 0.25) is 0 Å². The molecule has 1 aliphatic heterocycles. The maximum atomic E-state index is 12.0. The first-order chi connectivity index (χ1) is 9.56. The minimum absolute atomic E-state index is 0.0936. The predicted molar refractivity (Wildman–Crippen MR) is 74.0 cm³/mol. The average Bonchev–Trinajstić information content (AvgIpc) is 2.91. The lowest BCUT2D eigenvalue weighted by Crippen LogP contribution is -2.37. The van der Waals surface area contributed by atoms with E-state index in [0.29, 0.717) is 12.2 Å². The number of rotatable bonds is 4. The second-order valence-corrected chi connectivity index (χ2v) is 4.83. The molecule has 0 aliphatic carbocycles. The molecular formula is C14H18N2O4. The molecule has 0 spiro atoms. The van der Waals surface area contributed by atoms with Crippen LogP contribution in [0, 0.1) is 0 Å². The number of amides is 2. The van der Waals surface area contributed by atoms with Crippen molar-refractivity contribution in [3.05, 3.63) is 29.8 Å². The molecule has 1 aliphatic rings. The van der Waals surface area contributed by atoms with Crippen LogP contribution in [0.4, 0.5) is 10.5 Å². The molecule has 6 nitrogen and oxygen atoms in total. The molecule has 20 heavy (non-hydrogen) atoms. The molecule has 2 rings (SSSR count). The molecule has 1 saturated heterocycles. The van der Waals surface area contributed by atoms with Crippen molar-refractivity contribution in [2.75, 3.05) is 25.5 Å². The smallest absolute Gasteiger partial charge is 0.335 e. The van der Waals surface area contributed by atoms with Crippen LogP contribution in [0.5, 0.6) is 0 Å². The van der Waals surface area contributed by atoms with E-state index < -0.39 is 5.97 Å². The lowest BCUT2D eigenvalue weighted by atomic mass is 10.2. The van der Waals surface area contributed by atoms with E-state index in [2.05, 4.69) is 5.32 Å². The number of hydrogen-bond donors (Lipinski definition) is 2. The summed E-state index contributed by atoms with van der Waals surface area (Å²) in [5, 5.41) is 11.6. The Morgan fingerprint density at radius 1 is 1.50 bits per heavy atom. The molecule has 2 N–H and O–H groups in total. The van der Waals surface area contributed by atoms with Crippen LogP contribution in [-0.4, -0.2) is 48.3 Å². The highest BCUT2D eigenvalue weighted by molar-refractivity contribution is 5.93. The number of carbonyl (C=O) groups is 2. The fourth-order valence-electron chi connectivity index (χ4n) is 2.13. The van der Waals surface area contributed by atoms with Crippen LogP contribution in [0.15, 0.2) is 24.3 Å². The van der Waals surface area contributed by atoms with Gasteiger partial charge in [0.05, 0.1) is 11.7 Å². The van der Waals surface area contributed by atoms with E-state index in [4.69, 9.17) is 9.84 Å². The van der Waals surface area contributed by atoms with Crippen molar-refractivity contribution >= 4 is 17.7 Å². The Kier molecular flexibility index (Phi) is 4.57. The van der Waals surface area contributed by atoms with Gasteiger partial charge >= 0.3 is 12.0 Å². The number of likely N-dealkylation sites (N-methyl/N-ethyl adjacent to an activating group) is 1. The van der Waals surface area contributed by atoms with Gasteiger partial charge in [-0.1, -0.05) is 6.07 Å². The van der Waals surface area contributed by atoms with Crippen molar-refractivity contribution < 1.29 is 19.4 Å². The van der Waals surface area contributed by atoms with Crippen LogP contribution >= 0.6 is 0 Å². The van der Waals surface area contributed by atoms with Gasteiger partial charge in [-0.15, -0.1) is 0 Å². The molecule has 2 amide bonds. The molecule has 1 aromatic carbocycles. The zero-order valence-electron chi connectivity index (χ0n) is 11.3. The minimum Gasteiger partial charge on any atom is -0.478 e. The summed E-state index contributed by atoms with van der Waals surface area (Å²) in [4.78, 5) is 24.4. The van der Waals surface area contributed by atoms with Gasteiger partial charge in [0, 0.05) is 25.9 Å². The Hall–Kier alpha value is -2.08. The fourth-order valence-corrected chi connectivity index (χ4v) is 2.13. The molecule has 1 heterocycles. The topological polar surface area (TPSA) is 78.9 Å². The van der Waals surface area contributed by atoms with E-state index in [0.717, 1.165) is 19.4 Å². The third kappa shape index (κ3) is 3.71. The van der Waals surface area contributed by atoms with Crippen molar-refractivity contribution in [3.63, 3.8) is 0 Å². The van der Waals surface area contributed by atoms with Crippen LogP contribution in [0.3, 0.4) is 0 Å². The van der Waals surface area contributed by atoms with E-state index >= 15 is 0 Å². The molecule has 0 aromatic heterocycles. The summed E-state index contributed by atoms with van der Waals surface area (Å²) in [5.74, 6) is -1.02. The zero-order valence-corrected chi connectivity index (χ0v) is 11.3. The van der Waals surface area contributed by atoms with Gasteiger partial charge in [0.15, 0.2) is 0 Å². The maximum Gasteiger partial charge on any atom is 0.335 e. The third-order valence-electron chi connectivity index (χ3n) is 3.21. The monoisotopic (exact) mass is 278 g/mol. The highest BCUT2D eigenvalue weighted by Crippen LogP contribution is 2.14. The summed E-state index contributed by atoms with van der Waals surface area (Å²) in [7, 11) is 1.69. The Balaban J connectivity index is 1.92. The highest BCUT2D eigenvalue weighted by Gasteiger charge is 2.20. The Labute approximate surface area is 117 Å². The van der Waals surface area contributed by atoms with E-state index in [-0.39, 0.29) is 17.7 Å². The van der Waals surface area contributed by atoms with Gasteiger partial charge in [0.25, 0.3) is 0 Å². The number of hydrogen-bond acceptors (Lipinski definition) is 3. The molecule has 1 aromatic rings. The summed E-state index contributed by atoms with van der Waals surface area (Å²) in [5.41, 5.74) is 0.610. The van der Waals surface area contributed by atoms with Crippen molar-refractivity contribution in [3.8, 4) is 0 Å². The number of carbonyl (C=O) groups excluding carboxylic acids is 1. The lowest BCUT2D eigenvalue weighted by Gasteiger charge is -2.21. The minimum atomic E-state index is -1.02. The van der Waals surface area contributed by atoms with Crippen molar-refractivity contribution in [2.45, 2.75) is 18.9 Å². The Morgan fingerprint density at radius 2 is 2.30 bits per heavy atom. The molecule has 1 atom stereocenters. The molecular weight excluding hydrogens is 260 g/mol. The fraction of sp³-hybridized carbons (Fsp3) is 0.429. The summed E-state index contributed by atoms with van der Waals surface area (Å²) >= 11 is 0. The van der Waals surface area contributed by atoms with Crippen LogP contribution in [0.25, 0.3) is 0 Å². The normalized spacial score (nSPS) is 17.8. The van der Waals surface area contributed by atoms with E-state index in [1.165, 1.54) is 12.1 Å². The summed E-state index contributed by atoms with van der Waals surface area (Å²) in [6.45, 7) is 1.28. The van der Waals surface area contributed by atoms with Crippen LogP contribution in [0.1, 0.15) is 23.2 Å². The number of carboxylic acids is 1. The van der Waals surface area contributed by atoms with Crippen molar-refractivity contribution in [2.24, 2.45) is 0 Å². The molecule has 0 saturated carbocycles. The van der Waals surface area contributed by atoms with E-state index in [1.54, 1.807) is 24.1 Å². The van der Waals surface area contributed by atoms with Gasteiger partial charge in [-0.05, 0) is 31.0 Å². The molecule has 6 heteroatoms. The summed E-state index contributed by atoms with van der Waals surface area (Å²) in [6.07, 6.45) is 2.09. The van der Waals surface area contributed by atoms with E-state index in [1.807, 2.05) is 0 Å². The summed E-state index contributed by atoms with van der Waals surface area (Å²) < 4.78 is 5.48. The first kappa shape index (κ1) is 14.3. The number of nitrogens with one attached hydrogen (secondary N) is 1. The second kappa shape index (κ2) is 6.38.